The van der Waals surface area contributed by atoms with Crippen molar-refractivity contribution in [3.63, 3.8) is 0 Å². The second kappa shape index (κ2) is 6.85. The molecule has 15 heavy (non-hydrogen) atoms. The van der Waals surface area contributed by atoms with Gasteiger partial charge in [0.25, 0.3) is 0 Å². The molecule has 0 aliphatic heterocycles. The first kappa shape index (κ1) is 12.5. The van der Waals surface area contributed by atoms with Crippen LogP contribution in [0, 0.1) is 0 Å². The topological polar surface area (TPSA) is 49.7 Å². The predicted octanol–water partition coefficient (Wildman–Crippen LogP) is 0.318. The standard InChI is InChI=1S/C11H16O3Se/c1-14-10-3-4-11(9(7-10)8-13)15-6-2-5-12/h3-4,7,12-13H,2,5-6,8H2,1H3. The summed E-state index contributed by atoms with van der Waals surface area (Å²) in [5, 5.41) is 18.9. The molecule has 1 aromatic rings. The second-order valence-corrected chi connectivity index (χ2v) is 5.44. The molecule has 0 bridgehead atoms. The molecule has 0 radical (unpaired) electrons. The molecule has 4 heteroatoms. The van der Waals surface area contributed by atoms with Crippen LogP contribution >= 0.6 is 0 Å². The summed E-state index contributed by atoms with van der Waals surface area (Å²) in [6, 6.07) is 5.78. The van der Waals surface area contributed by atoms with E-state index >= 15 is 0 Å². The van der Waals surface area contributed by atoms with E-state index in [1.165, 1.54) is 4.46 Å². The number of hydrogen-bond acceptors (Lipinski definition) is 3. The minimum absolute atomic E-state index is 0.0490. The Hall–Kier alpha value is -0.541. The van der Waals surface area contributed by atoms with Crippen LogP contribution in [0.3, 0.4) is 0 Å². The van der Waals surface area contributed by atoms with Crippen LogP contribution < -0.4 is 9.20 Å². The van der Waals surface area contributed by atoms with E-state index in [2.05, 4.69) is 0 Å². The summed E-state index contributed by atoms with van der Waals surface area (Å²) in [6.07, 6.45) is 0.830. The Morgan fingerprint density at radius 3 is 2.73 bits per heavy atom. The fraction of sp³-hybridized carbons (Fsp3) is 0.455. The number of aliphatic hydroxyl groups is 2. The summed E-state index contributed by atoms with van der Waals surface area (Å²) in [5.74, 6) is 0.778. The first-order valence-corrected chi connectivity index (χ1v) is 6.90. The van der Waals surface area contributed by atoms with Gasteiger partial charge in [-0.1, -0.05) is 0 Å². The molecule has 0 spiro atoms. The Labute approximate surface area is 96.2 Å². The van der Waals surface area contributed by atoms with E-state index in [1.807, 2.05) is 18.2 Å². The van der Waals surface area contributed by atoms with Crippen molar-refractivity contribution in [1.82, 2.24) is 0 Å². The molecule has 0 saturated heterocycles. The Balaban J connectivity index is 2.69. The molecule has 3 nitrogen and oxygen atoms in total. The van der Waals surface area contributed by atoms with Gasteiger partial charge in [-0.05, 0) is 0 Å². The van der Waals surface area contributed by atoms with Gasteiger partial charge >= 0.3 is 95.9 Å². The molecule has 0 saturated carbocycles. The van der Waals surface area contributed by atoms with E-state index < -0.39 is 0 Å². The van der Waals surface area contributed by atoms with Gasteiger partial charge < -0.3 is 0 Å². The van der Waals surface area contributed by atoms with Crippen LogP contribution in [-0.2, 0) is 6.61 Å². The van der Waals surface area contributed by atoms with Gasteiger partial charge in [0.1, 0.15) is 0 Å². The van der Waals surface area contributed by atoms with E-state index in [-0.39, 0.29) is 13.2 Å². The average molecular weight is 275 g/mol. The van der Waals surface area contributed by atoms with E-state index in [4.69, 9.17) is 9.84 Å². The van der Waals surface area contributed by atoms with Gasteiger partial charge in [-0.3, -0.25) is 0 Å². The first-order valence-electron chi connectivity index (χ1n) is 4.83. The van der Waals surface area contributed by atoms with Crippen molar-refractivity contribution >= 4 is 19.4 Å². The molecule has 0 aliphatic rings. The summed E-state index contributed by atoms with van der Waals surface area (Å²) in [4.78, 5) is 0. The Kier molecular flexibility index (Phi) is 5.73. The minimum atomic E-state index is 0.0490. The maximum atomic E-state index is 9.20. The number of aliphatic hydroxyl groups excluding tert-OH is 2. The normalized spacial score (nSPS) is 10.3. The molecular formula is C11H16O3Se. The Bertz CT molecular complexity index is 302. The molecule has 0 heterocycles. The molecule has 84 valence electrons. The van der Waals surface area contributed by atoms with Gasteiger partial charge in [0.05, 0.1) is 0 Å². The monoisotopic (exact) mass is 276 g/mol. The average Bonchev–Trinajstić information content (AvgIpc) is 2.29. The predicted molar refractivity (Wildman–Crippen MR) is 60.8 cm³/mol. The second-order valence-electron chi connectivity index (χ2n) is 3.06. The number of benzene rings is 1. The van der Waals surface area contributed by atoms with Gasteiger partial charge in [0, 0.05) is 0 Å². The van der Waals surface area contributed by atoms with Crippen LogP contribution in [0.2, 0.25) is 5.32 Å². The zero-order valence-corrected chi connectivity index (χ0v) is 10.5. The third kappa shape index (κ3) is 3.84. The molecule has 0 fully saturated rings. The Morgan fingerprint density at radius 2 is 2.13 bits per heavy atom. The van der Waals surface area contributed by atoms with E-state index in [0.29, 0.717) is 15.0 Å². The quantitative estimate of drug-likeness (QED) is 0.580. The molecular weight excluding hydrogens is 259 g/mol. The zero-order chi connectivity index (χ0) is 11.1. The molecule has 1 rings (SSSR count). The van der Waals surface area contributed by atoms with E-state index in [9.17, 15) is 5.11 Å². The zero-order valence-electron chi connectivity index (χ0n) is 8.77. The van der Waals surface area contributed by atoms with Gasteiger partial charge in [0.2, 0.25) is 0 Å². The van der Waals surface area contributed by atoms with E-state index in [1.54, 1.807) is 7.11 Å². The van der Waals surface area contributed by atoms with Crippen LogP contribution in [0.25, 0.3) is 0 Å². The number of hydrogen-bond donors (Lipinski definition) is 2. The van der Waals surface area contributed by atoms with Crippen molar-refractivity contribution in [1.29, 1.82) is 0 Å². The van der Waals surface area contributed by atoms with Crippen molar-refractivity contribution in [2.45, 2.75) is 18.3 Å². The third-order valence-corrected chi connectivity index (χ3v) is 4.52. The van der Waals surface area contributed by atoms with Crippen molar-refractivity contribution in [2.24, 2.45) is 0 Å². The molecule has 0 aliphatic carbocycles. The van der Waals surface area contributed by atoms with Crippen molar-refractivity contribution in [3.05, 3.63) is 23.8 Å². The van der Waals surface area contributed by atoms with Gasteiger partial charge in [0.15, 0.2) is 0 Å². The fourth-order valence-electron chi connectivity index (χ4n) is 1.19. The van der Waals surface area contributed by atoms with Crippen LogP contribution in [0.1, 0.15) is 12.0 Å². The molecule has 0 aromatic heterocycles. The SMILES string of the molecule is COc1ccc([Se]CCCO)c(CO)c1. The van der Waals surface area contributed by atoms with Crippen LogP contribution in [0.5, 0.6) is 5.75 Å². The third-order valence-electron chi connectivity index (χ3n) is 2.00. The van der Waals surface area contributed by atoms with Crippen molar-refractivity contribution in [2.75, 3.05) is 13.7 Å². The summed E-state index contributed by atoms with van der Waals surface area (Å²) >= 11 is 0.326. The van der Waals surface area contributed by atoms with Crippen LogP contribution in [-0.4, -0.2) is 38.9 Å². The summed E-state index contributed by atoms with van der Waals surface area (Å²) in [5.41, 5.74) is 0.937. The summed E-state index contributed by atoms with van der Waals surface area (Å²) in [6.45, 7) is 0.291. The first-order chi connectivity index (χ1) is 7.31. The van der Waals surface area contributed by atoms with Crippen molar-refractivity contribution in [3.8, 4) is 5.75 Å². The van der Waals surface area contributed by atoms with Crippen LogP contribution in [0.4, 0.5) is 0 Å². The number of ether oxygens (including phenoxy) is 1. The summed E-state index contributed by atoms with van der Waals surface area (Å²) < 4.78 is 6.29. The maximum absolute atomic E-state index is 9.20. The molecule has 0 amide bonds. The van der Waals surface area contributed by atoms with Gasteiger partial charge in [-0.15, -0.1) is 0 Å². The molecule has 0 unspecified atom stereocenters. The van der Waals surface area contributed by atoms with Crippen LogP contribution in [0.15, 0.2) is 18.2 Å². The Morgan fingerprint density at radius 1 is 1.33 bits per heavy atom. The molecule has 0 atom stereocenters. The summed E-state index contributed by atoms with van der Waals surface area (Å²) in [7, 11) is 1.62. The van der Waals surface area contributed by atoms with Gasteiger partial charge in [-0.25, -0.2) is 0 Å². The fourth-order valence-corrected chi connectivity index (χ4v) is 3.22. The van der Waals surface area contributed by atoms with Crippen molar-refractivity contribution < 1.29 is 14.9 Å². The molecule has 1 aromatic carbocycles. The number of rotatable bonds is 6. The number of methoxy groups -OCH3 is 1. The van der Waals surface area contributed by atoms with Gasteiger partial charge in [-0.2, -0.15) is 0 Å². The molecule has 2 N–H and O–H groups in total. The van der Waals surface area contributed by atoms with E-state index in [0.717, 1.165) is 23.1 Å².